The van der Waals surface area contributed by atoms with E-state index in [1.807, 2.05) is 0 Å². The molecule has 84 valence electrons. The Labute approximate surface area is 92.9 Å². The Morgan fingerprint density at radius 2 is 2.33 bits per heavy atom. The van der Waals surface area contributed by atoms with E-state index in [1.165, 1.54) is 19.3 Å². The highest BCUT2D eigenvalue weighted by molar-refractivity contribution is 5.88. The lowest BCUT2D eigenvalue weighted by atomic mass is 9.66. The van der Waals surface area contributed by atoms with Crippen LogP contribution in [0.15, 0.2) is 12.2 Å². The number of fused-ring (bicyclic) bond motifs is 3. The lowest BCUT2D eigenvalue weighted by Crippen LogP contribution is -2.36. The Morgan fingerprint density at radius 1 is 1.53 bits per heavy atom. The number of hydrogen-bond donors (Lipinski definition) is 0. The van der Waals surface area contributed by atoms with Crippen molar-refractivity contribution in [3.8, 4) is 0 Å². The molecule has 0 saturated heterocycles. The summed E-state index contributed by atoms with van der Waals surface area (Å²) in [5.74, 6) is 1.76. The lowest BCUT2D eigenvalue weighted by Gasteiger charge is -2.37. The molecule has 0 N–H and O–H groups in total. The number of carbonyl (C=O) groups is 1. The van der Waals surface area contributed by atoms with Crippen molar-refractivity contribution in [1.29, 1.82) is 0 Å². The first-order chi connectivity index (χ1) is 7.19. The number of allylic oxidation sites excluding steroid dienone is 2. The first kappa shape index (κ1) is 10.9. The summed E-state index contributed by atoms with van der Waals surface area (Å²) in [5.41, 5.74) is -0.0803. The fraction of sp³-hybridized carbons (Fsp3) is 0.786. The molecule has 3 aliphatic carbocycles. The normalized spacial score (nSPS) is 39.5. The van der Waals surface area contributed by atoms with Crippen LogP contribution in [0.25, 0.3) is 0 Å². The van der Waals surface area contributed by atoms with Crippen LogP contribution in [-0.2, 0) is 4.79 Å². The quantitative estimate of drug-likeness (QED) is 0.643. The molecule has 0 amide bonds. The third kappa shape index (κ3) is 1.77. The van der Waals surface area contributed by atoms with Crippen LogP contribution in [0.1, 0.15) is 52.4 Å². The maximum Gasteiger partial charge on any atom is 0.143 e. The zero-order valence-corrected chi connectivity index (χ0v) is 9.96. The van der Waals surface area contributed by atoms with Gasteiger partial charge in [0.05, 0.1) is 0 Å². The van der Waals surface area contributed by atoms with E-state index >= 15 is 0 Å². The first-order valence-corrected chi connectivity index (χ1v) is 6.41. The van der Waals surface area contributed by atoms with Crippen molar-refractivity contribution in [2.45, 2.75) is 52.4 Å². The zero-order chi connectivity index (χ0) is 10.9. The summed E-state index contributed by atoms with van der Waals surface area (Å²) in [6, 6.07) is 0. The van der Waals surface area contributed by atoms with Crippen molar-refractivity contribution >= 4 is 5.78 Å². The van der Waals surface area contributed by atoms with Crippen molar-refractivity contribution in [2.24, 2.45) is 17.3 Å². The van der Waals surface area contributed by atoms with Crippen LogP contribution < -0.4 is 0 Å². The van der Waals surface area contributed by atoms with Crippen LogP contribution in [0.5, 0.6) is 0 Å². The third-order valence-electron chi connectivity index (χ3n) is 4.41. The summed E-state index contributed by atoms with van der Waals surface area (Å²) in [7, 11) is 0. The zero-order valence-electron chi connectivity index (χ0n) is 9.96. The number of Topliss-reactive ketones (excluding diaryl/α,β-unsaturated/α-hetero) is 1. The first-order valence-electron chi connectivity index (χ1n) is 6.41. The van der Waals surface area contributed by atoms with Crippen molar-refractivity contribution in [3.63, 3.8) is 0 Å². The molecular formula is C14H22O. The summed E-state index contributed by atoms with van der Waals surface area (Å²) >= 11 is 0. The van der Waals surface area contributed by atoms with E-state index < -0.39 is 0 Å². The van der Waals surface area contributed by atoms with E-state index in [0.29, 0.717) is 17.6 Å². The van der Waals surface area contributed by atoms with Crippen LogP contribution in [0.4, 0.5) is 0 Å². The topological polar surface area (TPSA) is 17.1 Å². The van der Waals surface area contributed by atoms with Gasteiger partial charge in [-0.1, -0.05) is 38.8 Å². The maximum absolute atomic E-state index is 12.3. The molecule has 0 aliphatic heterocycles. The molecular weight excluding hydrogens is 184 g/mol. The molecule has 0 spiro atoms. The molecule has 15 heavy (non-hydrogen) atoms. The van der Waals surface area contributed by atoms with Crippen LogP contribution in [-0.4, -0.2) is 5.78 Å². The lowest BCUT2D eigenvalue weighted by molar-refractivity contribution is -0.128. The van der Waals surface area contributed by atoms with Crippen molar-refractivity contribution < 1.29 is 4.79 Å². The highest BCUT2D eigenvalue weighted by atomic mass is 16.1. The van der Waals surface area contributed by atoms with Gasteiger partial charge in [0, 0.05) is 11.8 Å². The smallest absolute Gasteiger partial charge is 0.143 e. The van der Waals surface area contributed by atoms with E-state index in [2.05, 4.69) is 26.0 Å². The molecule has 3 aliphatic rings. The van der Waals surface area contributed by atoms with Gasteiger partial charge in [0.2, 0.25) is 0 Å². The second kappa shape index (κ2) is 4.11. The van der Waals surface area contributed by atoms with Gasteiger partial charge in [-0.25, -0.2) is 0 Å². The standard InChI is InChI=1S/C14H22O/c1-3-4-8-14-9-7-12(10-11(14)2)5-6-13(14)15/h7,9,11-12H,3-6,8,10H2,1-2H3/t11-,12-,14-/m0/s1. The number of carbonyl (C=O) groups excluding carboxylic acids is 1. The van der Waals surface area contributed by atoms with Crippen LogP contribution in [0.2, 0.25) is 0 Å². The predicted molar refractivity (Wildman–Crippen MR) is 62.6 cm³/mol. The molecule has 0 aromatic carbocycles. The minimum absolute atomic E-state index is 0.0803. The van der Waals surface area contributed by atoms with E-state index in [1.54, 1.807) is 0 Å². The van der Waals surface area contributed by atoms with Gasteiger partial charge in [-0.15, -0.1) is 0 Å². The van der Waals surface area contributed by atoms with Crippen LogP contribution in [0, 0.1) is 17.3 Å². The number of rotatable bonds is 3. The average Bonchev–Trinajstić information content (AvgIpc) is 2.45. The fourth-order valence-electron chi connectivity index (χ4n) is 3.28. The van der Waals surface area contributed by atoms with E-state index in [-0.39, 0.29) is 5.41 Å². The van der Waals surface area contributed by atoms with E-state index in [4.69, 9.17) is 0 Å². The highest BCUT2D eigenvalue weighted by Gasteiger charge is 2.45. The molecule has 2 bridgehead atoms. The molecule has 3 atom stereocenters. The SMILES string of the molecule is CCCC[C@@]12C=C[C@H](CCC1=O)C[C@@H]2C. The molecule has 0 unspecified atom stereocenters. The van der Waals surface area contributed by atoms with E-state index in [0.717, 1.165) is 19.3 Å². The molecule has 1 saturated carbocycles. The van der Waals surface area contributed by atoms with Gasteiger partial charge in [0.1, 0.15) is 5.78 Å². The molecule has 0 aromatic heterocycles. The van der Waals surface area contributed by atoms with Gasteiger partial charge in [0.25, 0.3) is 0 Å². The predicted octanol–water partition coefficient (Wildman–Crippen LogP) is 3.74. The molecule has 0 radical (unpaired) electrons. The molecule has 0 heterocycles. The summed E-state index contributed by atoms with van der Waals surface area (Å²) in [6.07, 6.45) is 11.2. The third-order valence-corrected chi connectivity index (χ3v) is 4.41. The maximum atomic E-state index is 12.3. The largest absolute Gasteiger partial charge is 0.299 e. The van der Waals surface area contributed by atoms with Gasteiger partial charge in [-0.2, -0.15) is 0 Å². The number of hydrogen-bond acceptors (Lipinski definition) is 1. The molecule has 0 aromatic rings. The van der Waals surface area contributed by atoms with E-state index in [9.17, 15) is 4.79 Å². The Morgan fingerprint density at radius 3 is 3.00 bits per heavy atom. The highest BCUT2D eigenvalue weighted by Crippen LogP contribution is 2.48. The molecule has 1 heteroatoms. The molecule has 3 rings (SSSR count). The second-order valence-corrected chi connectivity index (χ2v) is 5.36. The Balaban J connectivity index is 2.26. The van der Waals surface area contributed by atoms with Crippen LogP contribution >= 0.6 is 0 Å². The molecule has 1 fully saturated rings. The van der Waals surface area contributed by atoms with Gasteiger partial charge in [0.15, 0.2) is 0 Å². The number of unbranched alkanes of at least 4 members (excludes halogenated alkanes) is 1. The van der Waals surface area contributed by atoms with Crippen LogP contribution in [0.3, 0.4) is 0 Å². The minimum Gasteiger partial charge on any atom is -0.299 e. The summed E-state index contributed by atoms with van der Waals surface area (Å²) in [4.78, 5) is 12.3. The Hall–Kier alpha value is -0.590. The fourth-order valence-corrected chi connectivity index (χ4v) is 3.28. The van der Waals surface area contributed by atoms with Crippen molar-refractivity contribution in [3.05, 3.63) is 12.2 Å². The minimum atomic E-state index is -0.0803. The van der Waals surface area contributed by atoms with Gasteiger partial charge in [-0.05, 0) is 31.1 Å². The second-order valence-electron chi connectivity index (χ2n) is 5.36. The van der Waals surface area contributed by atoms with Gasteiger partial charge in [-0.3, -0.25) is 4.79 Å². The van der Waals surface area contributed by atoms with Crippen molar-refractivity contribution in [2.75, 3.05) is 0 Å². The summed E-state index contributed by atoms with van der Waals surface area (Å²) < 4.78 is 0. The number of ketones is 1. The monoisotopic (exact) mass is 206 g/mol. The molecule has 1 nitrogen and oxygen atoms in total. The summed E-state index contributed by atoms with van der Waals surface area (Å²) in [6.45, 7) is 4.48. The average molecular weight is 206 g/mol. The Bertz CT molecular complexity index is 279. The van der Waals surface area contributed by atoms with Crippen molar-refractivity contribution in [1.82, 2.24) is 0 Å². The van der Waals surface area contributed by atoms with Gasteiger partial charge >= 0.3 is 0 Å². The summed E-state index contributed by atoms with van der Waals surface area (Å²) in [5, 5.41) is 0. The van der Waals surface area contributed by atoms with Gasteiger partial charge < -0.3 is 0 Å². The Kier molecular flexibility index (Phi) is 2.99.